The fourth-order valence-electron chi connectivity index (χ4n) is 4.23. The van der Waals surface area contributed by atoms with E-state index in [1.807, 2.05) is 36.4 Å². The largest absolute Gasteiger partial charge is 0.412 e. The number of piperazine rings is 1. The molecule has 0 amide bonds. The second-order valence-electron chi connectivity index (χ2n) is 8.01. The van der Waals surface area contributed by atoms with Crippen LogP contribution in [0.2, 0.25) is 0 Å². The number of hydrogen-bond acceptors (Lipinski definition) is 3. The van der Waals surface area contributed by atoms with Gasteiger partial charge in [0.05, 0.1) is 12.1 Å². The van der Waals surface area contributed by atoms with Gasteiger partial charge in [0.1, 0.15) is 0 Å². The van der Waals surface area contributed by atoms with Crippen molar-refractivity contribution in [3.63, 3.8) is 0 Å². The highest BCUT2D eigenvalue weighted by molar-refractivity contribution is 5.85. The number of aliphatic hydroxyl groups excluding tert-OH is 1. The Morgan fingerprint density at radius 2 is 1.26 bits per heavy atom. The molecule has 4 nitrogen and oxygen atoms in total. The third-order valence-corrected chi connectivity index (χ3v) is 5.91. The monoisotopic (exact) mass is 440 g/mol. The third kappa shape index (κ3) is 6.39. The Morgan fingerprint density at radius 1 is 0.742 bits per heavy atom. The summed E-state index contributed by atoms with van der Waals surface area (Å²) in [7, 11) is 0. The Balaban J connectivity index is 0.00000171. The van der Waals surface area contributed by atoms with Gasteiger partial charge in [0.2, 0.25) is 0 Å². The van der Waals surface area contributed by atoms with Crippen molar-refractivity contribution in [2.45, 2.75) is 25.6 Å². The van der Waals surface area contributed by atoms with Crippen LogP contribution in [-0.4, -0.2) is 46.6 Å². The van der Waals surface area contributed by atoms with Crippen LogP contribution in [0.25, 0.3) is 0 Å². The van der Waals surface area contributed by atoms with Crippen LogP contribution in [0.5, 0.6) is 0 Å². The molecule has 0 saturated carbocycles. The molecule has 1 fully saturated rings. The molecule has 2 atom stereocenters. The van der Waals surface area contributed by atoms with Crippen molar-refractivity contribution in [1.29, 1.82) is 0 Å². The number of nitrogens with zero attached hydrogens (tertiary/aromatic N) is 2. The Hall–Kier alpha value is -2.21. The van der Waals surface area contributed by atoms with E-state index >= 15 is 0 Å². The summed E-state index contributed by atoms with van der Waals surface area (Å²) in [6.07, 6.45) is -0.540. The van der Waals surface area contributed by atoms with Crippen molar-refractivity contribution >= 4 is 12.4 Å². The summed E-state index contributed by atoms with van der Waals surface area (Å²) in [6.45, 7) is 7.05. The Bertz CT molecular complexity index is 882. The fourth-order valence-corrected chi connectivity index (χ4v) is 4.23. The zero-order chi connectivity index (χ0) is 20.1. The molecule has 31 heavy (non-hydrogen) atoms. The smallest absolute Gasteiger partial charge is 0.0986 e. The molecule has 3 aromatic rings. The molecule has 2 unspecified atom stereocenters. The van der Waals surface area contributed by atoms with Crippen LogP contribution in [-0.2, 0) is 6.54 Å². The highest BCUT2D eigenvalue weighted by atomic mass is 35.5. The summed E-state index contributed by atoms with van der Waals surface area (Å²) in [6, 6.07) is 29.3. The van der Waals surface area contributed by atoms with Crippen molar-refractivity contribution in [3.8, 4) is 0 Å². The minimum atomic E-state index is -0.540. The van der Waals surface area contributed by atoms with Gasteiger partial charge in [0.15, 0.2) is 0 Å². The first-order valence-corrected chi connectivity index (χ1v) is 10.5. The van der Waals surface area contributed by atoms with Crippen molar-refractivity contribution in [1.82, 2.24) is 9.80 Å². The average Bonchev–Trinajstić information content (AvgIpc) is 2.78. The number of halogens is 1. The number of aryl methyl sites for hydroxylation is 1. The second-order valence-corrected chi connectivity index (χ2v) is 8.01. The third-order valence-electron chi connectivity index (χ3n) is 5.91. The molecule has 166 valence electrons. The minimum absolute atomic E-state index is 0. The molecule has 3 N–H and O–H groups in total. The van der Waals surface area contributed by atoms with E-state index in [-0.39, 0.29) is 23.9 Å². The molecule has 0 aliphatic carbocycles. The molecule has 0 aromatic heterocycles. The summed E-state index contributed by atoms with van der Waals surface area (Å²) in [4.78, 5) is 4.96. The summed E-state index contributed by atoms with van der Waals surface area (Å²) in [5.74, 6) is 0. The maximum atomic E-state index is 11.3. The maximum absolute atomic E-state index is 11.3. The van der Waals surface area contributed by atoms with Gasteiger partial charge in [0, 0.05) is 32.7 Å². The second kappa shape index (κ2) is 12.0. The molecule has 1 saturated heterocycles. The van der Waals surface area contributed by atoms with E-state index in [0.717, 1.165) is 38.3 Å². The van der Waals surface area contributed by atoms with E-state index in [2.05, 4.69) is 65.3 Å². The van der Waals surface area contributed by atoms with E-state index in [1.54, 1.807) is 0 Å². The molecule has 4 rings (SSSR count). The van der Waals surface area contributed by atoms with E-state index in [0.29, 0.717) is 0 Å². The first-order chi connectivity index (χ1) is 14.2. The van der Waals surface area contributed by atoms with Gasteiger partial charge in [-0.15, -0.1) is 12.4 Å². The predicted molar refractivity (Wildman–Crippen MR) is 129 cm³/mol. The lowest BCUT2D eigenvalue weighted by Gasteiger charge is -2.41. The van der Waals surface area contributed by atoms with Crippen LogP contribution in [0.15, 0.2) is 84.9 Å². The van der Waals surface area contributed by atoms with Gasteiger partial charge in [-0.3, -0.25) is 9.80 Å². The minimum Gasteiger partial charge on any atom is -0.412 e. The quantitative estimate of drug-likeness (QED) is 0.625. The first-order valence-electron chi connectivity index (χ1n) is 10.5. The lowest BCUT2D eigenvalue weighted by molar-refractivity contribution is 0.0149. The summed E-state index contributed by atoms with van der Waals surface area (Å²) >= 11 is 0. The summed E-state index contributed by atoms with van der Waals surface area (Å²) in [5.41, 5.74) is 4.83. The van der Waals surface area contributed by atoms with Crippen molar-refractivity contribution < 1.29 is 10.6 Å². The molecule has 0 spiro atoms. The van der Waals surface area contributed by atoms with Gasteiger partial charge < -0.3 is 10.6 Å². The average molecular weight is 441 g/mol. The summed E-state index contributed by atoms with van der Waals surface area (Å²) < 4.78 is 0. The van der Waals surface area contributed by atoms with E-state index < -0.39 is 6.10 Å². The normalized spacial score (nSPS) is 16.6. The van der Waals surface area contributed by atoms with Crippen LogP contribution >= 0.6 is 12.4 Å². The van der Waals surface area contributed by atoms with Crippen molar-refractivity contribution in [2.24, 2.45) is 0 Å². The Kier molecular flexibility index (Phi) is 9.69. The van der Waals surface area contributed by atoms with Crippen molar-refractivity contribution in [2.75, 3.05) is 26.2 Å². The summed E-state index contributed by atoms with van der Waals surface area (Å²) in [5, 5.41) is 11.3. The lowest BCUT2D eigenvalue weighted by atomic mass is 9.94. The SMILES string of the molecule is Cc1ccc(CN2CCN(C(c3ccccc3)C(O)c3ccccc3)CC2)cc1.Cl.O. The standard InChI is InChI=1S/C26H30N2O.ClH.H2O/c1-21-12-14-22(15-13-21)20-27-16-18-28(19-17-27)25(23-8-4-2-5-9-23)26(29)24-10-6-3-7-11-24;;/h2-15,25-26,29H,16-20H2,1H3;1H;1H2. The van der Waals surface area contributed by atoms with Gasteiger partial charge in [-0.25, -0.2) is 0 Å². The van der Waals surface area contributed by atoms with Gasteiger partial charge in [-0.1, -0.05) is 90.5 Å². The maximum Gasteiger partial charge on any atom is 0.0986 e. The number of rotatable bonds is 6. The van der Waals surface area contributed by atoms with Crippen LogP contribution in [0.4, 0.5) is 0 Å². The molecular formula is C26H33ClN2O2. The number of hydrogen-bond donors (Lipinski definition) is 1. The van der Waals surface area contributed by atoms with E-state index in [1.165, 1.54) is 16.7 Å². The van der Waals surface area contributed by atoms with Crippen molar-refractivity contribution in [3.05, 3.63) is 107 Å². The highest BCUT2D eigenvalue weighted by Gasteiger charge is 2.31. The van der Waals surface area contributed by atoms with E-state index in [9.17, 15) is 5.11 Å². The predicted octanol–water partition coefficient (Wildman–Crippen LogP) is 4.18. The van der Waals surface area contributed by atoms with Gasteiger partial charge in [-0.2, -0.15) is 0 Å². The molecule has 1 aliphatic rings. The lowest BCUT2D eigenvalue weighted by Crippen LogP contribution is -2.48. The van der Waals surface area contributed by atoms with Crippen LogP contribution in [0.3, 0.4) is 0 Å². The number of benzene rings is 3. The fraction of sp³-hybridized carbons (Fsp3) is 0.308. The van der Waals surface area contributed by atoms with Crippen LogP contribution in [0.1, 0.15) is 34.4 Å². The zero-order valence-corrected chi connectivity index (χ0v) is 18.8. The van der Waals surface area contributed by atoms with Gasteiger partial charge >= 0.3 is 0 Å². The molecule has 1 aliphatic heterocycles. The topological polar surface area (TPSA) is 58.2 Å². The van der Waals surface area contributed by atoms with Gasteiger partial charge in [0.25, 0.3) is 0 Å². The Labute approximate surface area is 191 Å². The zero-order valence-electron chi connectivity index (χ0n) is 18.0. The molecule has 0 bridgehead atoms. The van der Waals surface area contributed by atoms with Gasteiger partial charge in [-0.05, 0) is 23.6 Å². The Morgan fingerprint density at radius 3 is 1.81 bits per heavy atom. The van der Waals surface area contributed by atoms with Crippen LogP contribution in [0, 0.1) is 6.92 Å². The molecule has 3 aromatic carbocycles. The molecule has 5 heteroatoms. The highest BCUT2D eigenvalue weighted by Crippen LogP contribution is 2.34. The van der Waals surface area contributed by atoms with E-state index in [4.69, 9.17) is 0 Å². The number of aliphatic hydroxyl groups is 1. The molecule has 1 heterocycles. The van der Waals surface area contributed by atoms with Crippen LogP contribution < -0.4 is 0 Å². The molecular weight excluding hydrogens is 408 g/mol. The molecule has 0 radical (unpaired) electrons. The first kappa shape index (κ1) is 25.1.